The maximum Gasteiger partial charge on any atom is 0.321 e. The van der Waals surface area contributed by atoms with Gasteiger partial charge in [-0.15, -0.1) is 0 Å². The van der Waals surface area contributed by atoms with Crippen LogP contribution >= 0.6 is 0 Å². The lowest BCUT2D eigenvalue weighted by Crippen LogP contribution is -2.36. The SMILES string of the molecule is Cc1ccc(S(=O)(=O)N(CC(=O)OCc2ccccc2)Cc2ccco2)cc1. The first kappa shape index (κ1) is 19.9. The van der Waals surface area contributed by atoms with Crippen molar-refractivity contribution in [3.63, 3.8) is 0 Å². The van der Waals surface area contributed by atoms with Crippen LogP contribution in [0.3, 0.4) is 0 Å². The average Bonchev–Trinajstić information content (AvgIpc) is 3.20. The van der Waals surface area contributed by atoms with Gasteiger partial charge in [-0.3, -0.25) is 4.79 Å². The first-order valence-electron chi connectivity index (χ1n) is 8.74. The van der Waals surface area contributed by atoms with E-state index in [-0.39, 0.29) is 18.0 Å². The van der Waals surface area contributed by atoms with Gasteiger partial charge in [0, 0.05) is 0 Å². The fourth-order valence-corrected chi connectivity index (χ4v) is 3.94. The van der Waals surface area contributed by atoms with Crippen molar-refractivity contribution in [3.8, 4) is 0 Å². The van der Waals surface area contributed by atoms with Gasteiger partial charge in [0.1, 0.15) is 18.9 Å². The molecule has 1 aromatic heterocycles. The number of carbonyl (C=O) groups is 1. The first-order chi connectivity index (χ1) is 13.4. The molecule has 0 saturated carbocycles. The molecule has 0 unspecified atom stereocenters. The van der Waals surface area contributed by atoms with E-state index < -0.39 is 22.5 Å². The van der Waals surface area contributed by atoms with Crippen LogP contribution in [0.1, 0.15) is 16.9 Å². The van der Waals surface area contributed by atoms with Gasteiger partial charge in [0.05, 0.1) is 17.7 Å². The topological polar surface area (TPSA) is 76.8 Å². The van der Waals surface area contributed by atoms with Crippen LogP contribution in [0.5, 0.6) is 0 Å². The van der Waals surface area contributed by atoms with Crippen LogP contribution in [0.4, 0.5) is 0 Å². The van der Waals surface area contributed by atoms with Crippen molar-refractivity contribution in [3.05, 3.63) is 89.9 Å². The minimum Gasteiger partial charge on any atom is -0.468 e. The van der Waals surface area contributed by atoms with E-state index in [4.69, 9.17) is 9.15 Å². The summed E-state index contributed by atoms with van der Waals surface area (Å²) >= 11 is 0. The molecule has 28 heavy (non-hydrogen) atoms. The van der Waals surface area contributed by atoms with Crippen molar-refractivity contribution >= 4 is 16.0 Å². The van der Waals surface area contributed by atoms with Crippen LogP contribution in [0.25, 0.3) is 0 Å². The van der Waals surface area contributed by atoms with Crippen molar-refractivity contribution < 1.29 is 22.4 Å². The molecule has 1 heterocycles. The molecule has 0 radical (unpaired) electrons. The van der Waals surface area contributed by atoms with E-state index in [0.717, 1.165) is 15.4 Å². The van der Waals surface area contributed by atoms with E-state index in [9.17, 15) is 13.2 Å². The number of hydrogen-bond donors (Lipinski definition) is 0. The molecule has 0 N–H and O–H groups in total. The summed E-state index contributed by atoms with van der Waals surface area (Å²) < 4.78 is 37.7. The molecule has 0 fully saturated rings. The lowest BCUT2D eigenvalue weighted by atomic mass is 10.2. The molecular formula is C21H21NO5S. The van der Waals surface area contributed by atoms with Gasteiger partial charge in [-0.1, -0.05) is 48.0 Å². The van der Waals surface area contributed by atoms with E-state index >= 15 is 0 Å². The fraction of sp³-hybridized carbons (Fsp3) is 0.190. The second kappa shape index (κ2) is 8.86. The number of ether oxygens (including phenoxy) is 1. The second-order valence-electron chi connectivity index (χ2n) is 6.31. The smallest absolute Gasteiger partial charge is 0.321 e. The molecule has 146 valence electrons. The number of sulfonamides is 1. The number of furan rings is 1. The minimum absolute atomic E-state index is 0.0658. The Balaban J connectivity index is 1.76. The van der Waals surface area contributed by atoms with Gasteiger partial charge in [0.2, 0.25) is 10.0 Å². The predicted molar refractivity (Wildman–Crippen MR) is 104 cm³/mol. The average molecular weight is 399 g/mol. The fourth-order valence-electron chi connectivity index (χ4n) is 2.59. The second-order valence-corrected chi connectivity index (χ2v) is 8.25. The zero-order valence-electron chi connectivity index (χ0n) is 15.4. The molecule has 0 aliphatic heterocycles. The first-order valence-corrected chi connectivity index (χ1v) is 10.2. The molecule has 6 nitrogen and oxygen atoms in total. The largest absolute Gasteiger partial charge is 0.468 e. The Morgan fingerprint density at radius 3 is 2.36 bits per heavy atom. The molecule has 0 aliphatic carbocycles. The Hall–Kier alpha value is -2.90. The van der Waals surface area contributed by atoms with Crippen LogP contribution < -0.4 is 0 Å². The highest BCUT2D eigenvalue weighted by Gasteiger charge is 2.28. The monoisotopic (exact) mass is 399 g/mol. The van der Waals surface area contributed by atoms with Gasteiger partial charge in [-0.05, 0) is 36.8 Å². The number of hydrogen-bond acceptors (Lipinski definition) is 5. The van der Waals surface area contributed by atoms with Crippen LogP contribution in [0.2, 0.25) is 0 Å². The summed E-state index contributed by atoms with van der Waals surface area (Å²) in [4.78, 5) is 12.4. The highest BCUT2D eigenvalue weighted by atomic mass is 32.2. The molecule has 3 aromatic rings. The molecule has 3 rings (SSSR count). The molecule has 0 atom stereocenters. The molecule has 7 heteroatoms. The lowest BCUT2D eigenvalue weighted by Gasteiger charge is -2.20. The van der Waals surface area contributed by atoms with Gasteiger partial charge in [0.25, 0.3) is 0 Å². The highest BCUT2D eigenvalue weighted by molar-refractivity contribution is 7.89. The normalized spacial score (nSPS) is 11.5. The minimum atomic E-state index is -3.90. The van der Waals surface area contributed by atoms with Gasteiger partial charge >= 0.3 is 5.97 Å². The van der Waals surface area contributed by atoms with Gasteiger partial charge in [0.15, 0.2) is 0 Å². The maximum atomic E-state index is 13.1. The Morgan fingerprint density at radius 1 is 1.00 bits per heavy atom. The third-order valence-electron chi connectivity index (χ3n) is 4.12. The summed E-state index contributed by atoms with van der Waals surface area (Å²) in [5, 5.41) is 0. The number of nitrogens with zero attached hydrogens (tertiary/aromatic N) is 1. The summed E-state index contributed by atoms with van der Waals surface area (Å²) in [6.07, 6.45) is 1.46. The quantitative estimate of drug-likeness (QED) is 0.542. The zero-order valence-corrected chi connectivity index (χ0v) is 16.3. The summed E-state index contributed by atoms with van der Waals surface area (Å²) in [5.74, 6) is -0.197. The highest BCUT2D eigenvalue weighted by Crippen LogP contribution is 2.19. The number of carbonyl (C=O) groups excluding carboxylic acids is 1. The Labute approximate surface area is 164 Å². The number of rotatable bonds is 8. The molecule has 0 saturated heterocycles. The van der Waals surface area contributed by atoms with Crippen LogP contribution in [-0.4, -0.2) is 25.2 Å². The summed E-state index contributed by atoms with van der Waals surface area (Å²) in [5.41, 5.74) is 1.77. The summed E-state index contributed by atoms with van der Waals surface area (Å²) in [6, 6.07) is 19.0. The van der Waals surface area contributed by atoms with Crippen molar-refractivity contribution in [1.29, 1.82) is 0 Å². The van der Waals surface area contributed by atoms with E-state index in [1.165, 1.54) is 18.4 Å². The van der Waals surface area contributed by atoms with E-state index in [0.29, 0.717) is 5.76 Å². The van der Waals surface area contributed by atoms with Gasteiger partial charge < -0.3 is 9.15 Å². The molecule has 0 spiro atoms. The third kappa shape index (κ3) is 5.09. The van der Waals surface area contributed by atoms with Gasteiger partial charge in [-0.25, -0.2) is 8.42 Å². The molecule has 2 aromatic carbocycles. The van der Waals surface area contributed by atoms with Crippen molar-refractivity contribution in [1.82, 2.24) is 4.31 Å². The van der Waals surface area contributed by atoms with Crippen LogP contribution in [0.15, 0.2) is 82.3 Å². The van der Waals surface area contributed by atoms with Crippen LogP contribution in [0, 0.1) is 6.92 Å². The molecule has 0 bridgehead atoms. The third-order valence-corrected chi connectivity index (χ3v) is 5.93. The van der Waals surface area contributed by atoms with E-state index in [1.807, 2.05) is 37.3 Å². The molecular weight excluding hydrogens is 378 g/mol. The maximum absolute atomic E-state index is 13.1. The summed E-state index contributed by atoms with van der Waals surface area (Å²) in [6.45, 7) is 1.48. The summed E-state index contributed by atoms with van der Waals surface area (Å²) in [7, 11) is -3.90. The number of esters is 1. The number of aryl methyl sites for hydroxylation is 1. The Morgan fingerprint density at radius 2 is 1.71 bits per heavy atom. The van der Waals surface area contributed by atoms with E-state index in [1.54, 1.807) is 24.3 Å². The van der Waals surface area contributed by atoms with Crippen molar-refractivity contribution in [2.75, 3.05) is 6.54 Å². The lowest BCUT2D eigenvalue weighted by molar-refractivity contribution is -0.145. The van der Waals surface area contributed by atoms with Crippen molar-refractivity contribution in [2.24, 2.45) is 0 Å². The van der Waals surface area contributed by atoms with Crippen molar-refractivity contribution in [2.45, 2.75) is 25.0 Å². The zero-order chi connectivity index (χ0) is 20.0. The predicted octanol–water partition coefficient (Wildman–Crippen LogP) is 3.52. The van der Waals surface area contributed by atoms with Gasteiger partial charge in [-0.2, -0.15) is 4.31 Å². The molecule has 0 aliphatic rings. The van der Waals surface area contributed by atoms with E-state index in [2.05, 4.69) is 0 Å². The number of benzene rings is 2. The standard InChI is InChI=1S/C21H21NO5S/c1-17-9-11-20(12-10-17)28(24,25)22(14-19-8-5-13-26-19)15-21(23)27-16-18-6-3-2-4-7-18/h2-13H,14-16H2,1H3. The Bertz CT molecular complexity index is 997. The Kier molecular flexibility index (Phi) is 6.28. The van der Waals surface area contributed by atoms with Crippen LogP contribution in [-0.2, 0) is 32.7 Å². The molecule has 0 amide bonds.